The molecule has 0 aliphatic carbocycles. The van der Waals surface area contributed by atoms with Crippen molar-refractivity contribution >= 4 is 57.1 Å². The lowest BCUT2D eigenvalue weighted by molar-refractivity contribution is -0.143. The second-order valence-corrected chi connectivity index (χ2v) is 12.9. The molecular weight excluding hydrogens is 666 g/mol. The van der Waals surface area contributed by atoms with Crippen LogP contribution in [0.5, 0.6) is 0 Å². The van der Waals surface area contributed by atoms with Crippen LogP contribution in [0.15, 0.2) is 0 Å². The Morgan fingerprint density at radius 3 is 0.943 bits per heavy atom. The van der Waals surface area contributed by atoms with E-state index in [9.17, 15) is 9.59 Å². The van der Waals surface area contributed by atoms with Crippen LogP contribution in [-0.2, 0) is 19.1 Å². The summed E-state index contributed by atoms with van der Waals surface area (Å²) in [6.07, 6.45) is 25.8. The van der Waals surface area contributed by atoms with Crippen LogP contribution < -0.4 is 0 Å². The van der Waals surface area contributed by atoms with Gasteiger partial charge in [-0.3, -0.25) is 9.59 Å². The van der Waals surface area contributed by atoms with Crippen molar-refractivity contribution in [3.63, 3.8) is 0 Å². The Kier molecular flexibility index (Phi) is 27.7. The smallest absolute Gasteiger partial charge is 0.318 e. The van der Waals surface area contributed by atoms with Gasteiger partial charge in [0.05, 0.1) is 13.2 Å². The van der Waals surface area contributed by atoms with Crippen LogP contribution in [0.1, 0.15) is 149 Å². The van der Waals surface area contributed by atoms with Crippen molar-refractivity contribution in [2.45, 2.75) is 157 Å². The van der Waals surface area contributed by atoms with Gasteiger partial charge in [-0.25, -0.2) is 0 Å². The van der Waals surface area contributed by atoms with Crippen LogP contribution in [0.4, 0.5) is 0 Å². The lowest BCUT2D eigenvalue weighted by Crippen LogP contribution is -2.17. The molecule has 0 aromatic rings. The van der Waals surface area contributed by atoms with E-state index in [0.29, 0.717) is 13.2 Å². The molecule has 0 saturated heterocycles. The highest BCUT2D eigenvalue weighted by atomic mass is 127. The predicted octanol–water partition coefficient (Wildman–Crippen LogP) is 9.91. The van der Waals surface area contributed by atoms with E-state index in [-0.39, 0.29) is 19.8 Å². The maximum absolute atomic E-state index is 11.7. The fraction of sp³-hybridized carbons (Fsp3) is 0.931. The summed E-state index contributed by atoms with van der Waals surface area (Å²) < 4.78 is 10.7. The number of rotatable bonds is 26. The van der Waals surface area contributed by atoms with Crippen molar-refractivity contribution in [1.29, 1.82) is 0 Å². The van der Waals surface area contributed by atoms with E-state index in [1.54, 1.807) is 0 Å². The predicted molar refractivity (Wildman–Crippen MR) is 166 cm³/mol. The van der Waals surface area contributed by atoms with Crippen molar-refractivity contribution < 1.29 is 19.1 Å². The number of unbranched alkanes of at least 4 members (excludes halogenated alkanes) is 16. The molecule has 0 bridgehead atoms. The molecule has 2 atom stereocenters. The number of esters is 2. The lowest BCUT2D eigenvalue weighted by Gasteiger charge is -2.09. The molecule has 0 N–H and O–H groups in total. The normalized spacial score (nSPS) is 12.9. The van der Waals surface area contributed by atoms with Crippen molar-refractivity contribution in [3.05, 3.63) is 0 Å². The zero-order valence-corrected chi connectivity index (χ0v) is 27.1. The first kappa shape index (κ1) is 35.4. The van der Waals surface area contributed by atoms with Crippen LogP contribution in [0.3, 0.4) is 0 Å². The summed E-state index contributed by atoms with van der Waals surface area (Å²) in [7, 11) is 0. The number of ether oxygens (including phenoxy) is 2. The highest BCUT2D eigenvalue weighted by Gasteiger charge is 2.15. The fourth-order valence-corrected chi connectivity index (χ4v) is 5.73. The molecule has 0 spiro atoms. The molecule has 0 aliphatic rings. The van der Waals surface area contributed by atoms with Crippen LogP contribution in [0, 0.1) is 0 Å². The Morgan fingerprint density at radius 1 is 0.486 bits per heavy atom. The maximum Gasteiger partial charge on any atom is 0.318 e. The van der Waals surface area contributed by atoms with Gasteiger partial charge in [0.1, 0.15) is 7.85 Å². The van der Waals surface area contributed by atoms with E-state index in [1.165, 1.54) is 96.3 Å². The van der Waals surface area contributed by atoms with Crippen molar-refractivity contribution in [2.75, 3.05) is 13.2 Å². The maximum atomic E-state index is 11.7. The molecule has 0 amide bonds. The minimum Gasteiger partial charge on any atom is -0.465 e. The summed E-state index contributed by atoms with van der Waals surface area (Å²) in [5.41, 5.74) is 0. The van der Waals surface area contributed by atoms with Gasteiger partial charge >= 0.3 is 11.9 Å². The number of halogens is 2. The minimum atomic E-state index is -0.0315. The van der Waals surface area contributed by atoms with Gasteiger partial charge in [0, 0.05) is 0 Å². The summed E-state index contributed by atoms with van der Waals surface area (Å²) in [6, 6.07) is 0. The molecule has 4 nitrogen and oxygen atoms in total. The first-order valence-corrected chi connectivity index (χ1v) is 17.1. The summed E-state index contributed by atoms with van der Waals surface area (Å²) >= 11 is 4.39. The molecule has 2 unspecified atom stereocenters. The summed E-state index contributed by atoms with van der Waals surface area (Å²) in [5, 5.41) is 0. The van der Waals surface area contributed by atoms with Gasteiger partial charge in [-0.2, -0.15) is 0 Å². The van der Waals surface area contributed by atoms with Crippen molar-refractivity contribution in [3.8, 4) is 0 Å². The third kappa shape index (κ3) is 24.5. The van der Waals surface area contributed by atoms with E-state index in [4.69, 9.17) is 9.47 Å². The Labute approximate surface area is 244 Å². The summed E-state index contributed by atoms with van der Waals surface area (Å²) in [4.78, 5) is 23.5. The molecule has 0 heterocycles. The van der Waals surface area contributed by atoms with Crippen molar-refractivity contribution in [2.24, 2.45) is 0 Å². The Hall–Kier alpha value is 0.400. The SMILES string of the molecule is CCCC(I)C(=O)OCCCCCCCCCCCCCCCCCCCOC(=O)C(I)CCC. The molecule has 0 saturated carbocycles. The van der Waals surface area contributed by atoms with Crippen LogP contribution >= 0.6 is 45.2 Å². The van der Waals surface area contributed by atoms with E-state index in [1.807, 2.05) is 0 Å². The van der Waals surface area contributed by atoms with Crippen LogP contribution in [0.25, 0.3) is 0 Å². The van der Waals surface area contributed by atoms with Gasteiger partial charge in [-0.15, -0.1) is 0 Å². The molecular formula is C29H54I2O4. The highest BCUT2D eigenvalue weighted by Crippen LogP contribution is 2.15. The van der Waals surface area contributed by atoms with E-state index < -0.39 is 0 Å². The second kappa shape index (κ2) is 27.4. The largest absolute Gasteiger partial charge is 0.465 e. The number of carbonyl (C=O) groups is 2. The minimum absolute atomic E-state index is 0.0250. The standard InChI is InChI=1S/C29H54I2O4/c1-3-22-26(30)28(32)34-24-20-18-16-14-12-10-8-6-5-7-9-11-13-15-17-19-21-25-35-29(33)27(31)23-4-2/h26-27H,3-25H2,1-2H3. The molecule has 0 fully saturated rings. The van der Waals surface area contributed by atoms with E-state index in [2.05, 4.69) is 59.0 Å². The van der Waals surface area contributed by atoms with Gasteiger partial charge in [0.2, 0.25) is 0 Å². The lowest BCUT2D eigenvalue weighted by atomic mass is 10.0. The molecule has 6 heteroatoms. The molecule has 208 valence electrons. The molecule has 35 heavy (non-hydrogen) atoms. The van der Waals surface area contributed by atoms with E-state index >= 15 is 0 Å². The highest BCUT2D eigenvalue weighted by molar-refractivity contribution is 14.1. The number of alkyl halides is 2. The van der Waals surface area contributed by atoms with Crippen molar-refractivity contribution in [1.82, 2.24) is 0 Å². The molecule has 0 aromatic carbocycles. The Balaban J connectivity index is 3.20. The van der Waals surface area contributed by atoms with Gasteiger partial charge in [0.25, 0.3) is 0 Å². The monoisotopic (exact) mass is 720 g/mol. The van der Waals surface area contributed by atoms with Gasteiger partial charge in [-0.05, 0) is 25.7 Å². The topological polar surface area (TPSA) is 52.6 Å². The Bertz CT molecular complexity index is 445. The first-order chi connectivity index (χ1) is 17.0. The first-order valence-electron chi connectivity index (χ1n) is 14.6. The third-order valence-corrected chi connectivity index (χ3v) is 8.64. The summed E-state index contributed by atoms with van der Waals surface area (Å²) in [5.74, 6) is -0.0630. The number of hydrogen-bond donors (Lipinski definition) is 0. The zero-order valence-electron chi connectivity index (χ0n) is 22.8. The molecule has 0 rings (SSSR count). The third-order valence-electron chi connectivity index (χ3n) is 6.37. The van der Waals surface area contributed by atoms with Crippen LogP contribution in [-0.4, -0.2) is 33.0 Å². The van der Waals surface area contributed by atoms with Gasteiger partial charge in [0.15, 0.2) is 0 Å². The quantitative estimate of drug-likeness (QED) is 0.0387. The fourth-order valence-electron chi connectivity index (χ4n) is 4.12. The van der Waals surface area contributed by atoms with Gasteiger partial charge in [-0.1, -0.05) is 168 Å². The van der Waals surface area contributed by atoms with Crippen LogP contribution in [0.2, 0.25) is 0 Å². The molecule has 0 aromatic heterocycles. The summed E-state index contributed by atoms with van der Waals surface area (Å²) in [6.45, 7) is 5.39. The molecule has 0 radical (unpaired) electrons. The average Bonchev–Trinajstić information content (AvgIpc) is 2.84. The average molecular weight is 721 g/mol. The zero-order chi connectivity index (χ0) is 26.0. The number of hydrogen-bond acceptors (Lipinski definition) is 4. The molecule has 0 aliphatic heterocycles. The van der Waals surface area contributed by atoms with Gasteiger partial charge < -0.3 is 9.47 Å². The van der Waals surface area contributed by atoms with E-state index in [0.717, 1.165) is 38.5 Å². The Morgan fingerprint density at radius 2 is 0.714 bits per heavy atom. The second-order valence-electron chi connectivity index (χ2n) is 9.86. The number of carbonyl (C=O) groups excluding carboxylic acids is 2.